The second-order valence-electron chi connectivity index (χ2n) is 5.36. The third-order valence-corrected chi connectivity index (χ3v) is 3.93. The normalized spacial score (nSPS) is 30.4. The fourth-order valence-electron chi connectivity index (χ4n) is 2.90. The number of likely N-dealkylation sites (tertiary alicyclic amines) is 2. The van der Waals surface area contributed by atoms with Crippen LogP contribution < -0.4 is 5.73 Å². The summed E-state index contributed by atoms with van der Waals surface area (Å²) in [5, 5.41) is 18.7. The summed E-state index contributed by atoms with van der Waals surface area (Å²) in [5.74, 6) is -1.87. The summed E-state index contributed by atoms with van der Waals surface area (Å²) in [6, 6.07) is -1.56. The Kier molecular flexibility index (Phi) is 4.12. The summed E-state index contributed by atoms with van der Waals surface area (Å²) in [7, 11) is 0. The molecule has 2 fully saturated rings. The first kappa shape index (κ1) is 14.6. The lowest BCUT2D eigenvalue weighted by molar-refractivity contribution is -0.150. The maximum absolute atomic E-state index is 12.4. The molecular weight excluding hydrogens is 266 g/mol. The highest BCUT2D eigenvalue weighted by Gasteiger charge is 2.42. The van der Waals surface area contributed by atoms with Gasteiger partial charge in [-0.15, -0.1) is 0 Å². The number of hydrogen-bond acceptors (Lipinski definition) is 4. The molecule has 2 rings (SSSR count). The summed E-state index contributed by atoms with van der Waals surface area (Å²) in [5.41, 5.74) is 5.21. The van der Waals surface area contributed by atoms with E-state index < -0.39 is 30.1 Å². The average Bonchev–Trinajstić information content (AvgIpc) is 2.80. The minimum atomic E-state index is -1.11. The highest BCUT2D eigenvalue weighted by Crippen LogP contribution is 2.25. The molecule has 8 heteroatoms. The van der Waals surface area contributed by atoms with Crippen molar-refractivity contribution in [2.45, 2.75) is 31.4 Å². The molecule has 0 bridgehead atoms. The molecule has 0 aromatic rings. The minimum Gasteiger partial charge on any atom is -0.480 e. The number of hydrogen-bond donors (Lipinski definition) is 3. The predicted molar refractivity (Wildman–Crippen MR) is 67.6 cm³/mol. The van der Waals surface area contributed by atoms with Gasteiger partial charge in [-0.05, 0) is 12.8 Å². The molecule has 8 nitrogen and oxygen atoms in total. The molecule has 112 valence electrons. The van der Waals surface area contributed by atoms with Crippen LogP contribution in [0.4, 0.5) is 4.79 Å². The number of carbonyl (C=O) groups is 3. The van der Waals surface area contributed by atoms with Gasteiger partial charge in [-0.3, -0.25) is 4.79 Å². The molecule has 0 aliphatic carbocycles. The molecule has 2 saturated heterocycles. The van der Waals surface area contributed by atoms with Crippen LogP contribution in [0.1, 0.15) is 19.3 Å². The molecule has 3 atom stereocenters. The number of rotatable bonds is 2. The number of amides is 3. The Morgan fingerprint density at radius 3 is 2.50 bits per heavy atom. The summed E-state index contributed by atoms with van der Waals surface area (Å²) >= 11 is 0. The lowest BCUT2D eigenvalue weighted by Gasteiger charge is -2.33. The standard InChI is InChI=1S/C12H19N3O5/c13-12(20)14-3-1-2-7(5-14)10(17)15-6-8(16)4-9(15)11(18)19/h7-9,16H,1-6H2,(H2,13,20)(H,18,19). The molecule has 0 spiro atoms. The number of primary amides is 1. The molecule has 0 saturated carbocycles. The van der Waals surface area contributed by atoms with Crippen molar-refractivity contribution in [1.82, 2.24) is 9.80 Å². The number of piperidine rings is 1. The van der Waals surface area contributed by atoms with Gasteiger partial charge >= 0.3 is 12.0 Å². The zero-order valence-corrected chi connectivity index (χ0v) is 11.1. The van der Waals surface area contributed by atoms with E-state index in [0.717, 1.165) is 0 Å². The predicted octanol–water partition coefficient (Wildman–Crippen LogP) is -1.18. The molecule has 0 aromatic heterocycles. The van der Waals surface area contributed by atoms with Crippen LogP contribution in [-0.4, -0.2) is 69.7 Å². The number of carboxylic acids is 1. The maximum atomic E-state index is 12.4. The van der Waals surface area contributed by atoms with Crippen molar-refractivity contribution < 1.29 is 24.6 Å². The molecule has 2 heterocycles. The molecule has 3 amide bonds. The van der Waals surface area contributed by atoms with Crippen LogP contribution in [0, 0.1) is 5.92 Å². The van der Waals surface area contributed by atoms with Crippen molar-refractivity contribution in [2.24, 2.45) is 11.7 Å². The van der Waals surface area contributed by atoms with E-state index in [2.05, 4.69) is 0 Å². The number of carbonyl (C=O) groups excluding carboxylic acids is 2. The van der Waals surface area contributed by atoms with Gasteiger partial charge in [0.2, 0.25) is 5.91 Å². The van der Waals surface area contributed by atoms with Crippen molar-refractivity contribution in [3.8, 4) is 0 Å². The van der Waals surface area contributed by atoms with Crippen LogP contribution in [-0.2, 0) is 9.59 Å². The Hall–Kier alpha value is -1.83. The number of β-amino-alcohol motifs (C(OH)–C–C–N with tert-alkyl or cyclic N) is 1. The van der Waals surface area contributed by atoms with E-state index in [1.807, 2.05) is 0 Å². The number of nitrogens with zero attached hydrogens (tertiary/aromatic N) is 2. The van der Waals surface area contributed by atoms with E-state index in [1.165, 1.54) is 9.80 Å². The van der Waals surface area contributed by atoms with E-state index in [-0.39, 0.29) is 25.4 Å². The molecule has 2 aliphatic heterocycles. The van der Waals surface area contributed by atoms with Gasteiger partial charge < -0.3 is 25.7 Å². The first-order valence-electron chi connectivity index (χ1n) is 6.66. The van der Waals surface area contributed by atoms with Crippen LogP contribution in [0.5, 0.6) is 0 Å². The Labute approximate surface area is 116 Å². The van der Waals surface area contributed by atoms with Gasteiger partial charge in [0, 0.05) is 26.1 Å². The smallest absolute Gasteiger partial charge is 0.326 e. The summed E-state index contributed by atoms with van der Waals surface area (Å²) in [6.07, 6.45) is 0.499. The van der Waals surface area contributed by atoms with Crippen LogP contribution in [0.2, 0.25) is 0 Å². The Balaban J connectivity index is 2.06. The van der Waals surface area contributed by atoms with Gasteiger partial charge in [0.05, 0.1) is 12.0 Å². The van der Waals surface area contributed by atoms with Gasteiger partial charge in [0.25, 0.3) is 0 Å². The highest BCUT2D eigenvalue weighted by atomic mass is 16.4. The van der Waals surface area contributed by atoms with Gasteiger partial charge in [0.15, 0.2) is 0 Å². The quantitative estimate of drug-likeness (QED) is 0.589. The fraction of sp³-hybridized carbons (Fsp3) is 0.750. The Morgan fingerprint density at radius 1 is 1.20 bits per heavy atom. The second kappa shape index (κ2) is 5.66. The highest BCUT2D eigenvalue weighted by molar-refractivity contribution is 5.86. The molecule has 4 N–H and O–H groups in total. The molecular formula is C12H19N3O5. The lowest BCUT2D eigenvalue weighted by atomic mass is 9.96. The van der Waals surface area contributed by atoms with Crippen molar-refractivity contribution in [2.75, 3.05) is 19.6 Å². The zero-order chi connectivity index (χ0) is 14.9. The van der Waals surface area contributed by atoms with Gasteiger partial charge in [-0.2, -0.15) is 0 Å². The third kappa shape index (κ3) is 2.84. The maximum Gasteiger partial charge on any atom is 0.326 e. The molecule has 3 unspecified atom stereocenters. The van der Waals surface area contributed by atoms with Crippen molar-refractivity contribution >= 4 is 17.9 Å². The van der Waals surface area contributed by atoms with Crippen LogP contribution >= 0.6 is 0 Å². The number of urea groups is 1. The largest absolute Gasteiger partial charge is 0.480 e. The first-order chi connectivity index (χ1) is 9.40. The summed E-state index contributed by atoms with van der Waals surface area (Å²) < 4.78 is 0. The van der Waals surface area contributed by atoms with Gasteiger partial charge in [-0.1, -0.05) is 0 Å². The fourth-order valence-corrected chi connectivity index (χ4v) is 2.90. The average molecular weight is 285 g/mol. The monoisotopic (exact) mass is 285 g/mol. The van der Waals surface area contributed by atoms with Gasteiger partial charge in [0.1, 0.15) is 6.04 Å². The second-order valence-corrected chi connectivity index (χ2v) is 5.36. The number of nitrogens with two attached hydrogens (primary N) is 1. The lowest BCUT2D eigenvalue weighted by Crippen LogP contribution is -2.50. The number of carboxylic acid groups (broad SMARTS) is 1. The Bertz CT molecular complexity index is 427. The van der Waals surface area contributed by atoms with Crippen LogP contribution in [0.25, 0.3) is 0 Å². The van der Waals surface area contributed by atoms with Gasteiger partial charge in [-0.25, -0.2) is 9.59 Å². The van der Waals surface area contributed by atoms with Crippen molar-refractivity contribution in [3.63, 3.8) is 0 Å². The summed E-state index contributed by atoms with van der Waals surface area (Å²) in [6.45, 7) is 0.764. The van der Waals surface area contributed by atoms with Crippen LogP contribution in [0.3, 0.4) is 0 Å². The SMILES string of the molecule is NC(=O)N1CCCC(C(=O)N2CC(O)CC2C(=O)O)C1. The molecule has 0 radical (unpaired) electrons. The molecule has 0 aromatic carbocycles. The summed E-state index contributed by atoms with van der Waals surface area (Å²) in [4.78, 5) is 37.3. The molecule has 2 aliphatic rings. The number of aliphatic carboxylic acids is 1. The number of aliphatic hydroxyl groups is 1. The van der Waals surface area contributed by atoms with E-state index >= 15 is 0 Å². The van der Waals surface area contributed by atoms with E-state index in [1.54, 1.807) is 0 Å². The van der Waals surface area contributed by atoms with Crippen molar-refractivity contribution in [1.29, 1.82) is 0 Å². The topological polar surface area (TPSA) is 124 Å². The van der Waals surface area contributed by atoms with E-state index in [4.69, 9.17) is 10.8 Å². The Morgan fingerprint density at radius 2 is 1.90 bits per heavy atom. The van der Waals surface area contributed by atoms with Crippen LogP contribution in [0.15, 0.2) is 0 Å². The minimum absolute atomic E-state index is 0.0306. The van der Waals surface area contributed by atoms with Crippen molar-refractivity contribution in [3.05, 3.63) is 0 Å². The zero-order valence-electron chi connectivity index (χ0n) is 11.1. The third-order valence-electron chi connectivity index (χ3n) is 3.93. The molecule has 20 heavy (non-hydrogen) atoms. The number of aliphatic hydroxyl groups excluding tert-OH is 1. The van der Waals surface area contributed by atoms with E-state index in [0.29, 0.717) is 19.4 Å². The van der Waals surface area contributed by atoms with E-state index in [9.17, 15) is 19.5 Å². The first-order valence-corrected chi connectivity index (χ1v) is 6.66.